The Morgan fingerprint density at radius 3 is 2.65 bits per heavy atom. The van der Waals surface area contributed by atoms with E-state index in [-0.39, 0.29) is 21.8 Å². The van der Waals surface area contributed by atoms with Crippen LogP contribution in [-0.4, -0.2) is 15.4 Å². The molecule has 0 saturated heterocycles. The predicted octanol–water partition coefficient (Wildman–Crippen LogP) is 2.37. The van der Waals surface area contributed by atoms with Gasteiger partial charge >= 0.3 is 5.97 Å². The lowest BCUT2D eigenvalue weighted by molar-refractivity contribution is 0.0703. The standard InChI is InChI=1S/C10H6F2N2O2S/c11-4-1-2-5(6(12)3-4)8-7(13)9(10(15)16)17-14-8/h1-3H,13H2,(H,15,16). The lowest BCUT2D eigenvalue weighted by Gasteiger charge is -2.01. The number of carboxylic acids is 1. The maximum absolute atomic E-state index is 13.4. The van der Waals surface area contributed by atoms with Crippen LogP contribution in [-0.2, 0) is 0 Å². The summed E-state index contributed by atoms with van der Waals surface area (Å²) in [5, 5.41) is 8.78. The van der Waals surface area contributed by atoms with Gasteiger partial charge in [0.1, 0.15) is 17.3 Å². The van der Waals surface area contributed by atoms with Crippen LogP contribution in [0.2, 0.25) is 0 Å². The van der Waals surface area contributed by atoms with Gasteiger partial charge in [0.05, 0.1) is 5.69 Å². The molecule has 7 heteroatoms. The average molecular weight is 256 g/mol. The third kappa shape index (κ3) is 1.96. The Hall–Kier alpha value is -2.02. The minimum Gasteiger partial charge on any atom is -0.477 e. The van der Waals surface area contributed by atoms with E-state index in [1.807, 2.05) is 0 Å². The first-order valence-electron chi connectivity index (χ1n) is 4.44. The molecular formula is C10H6F2N2O2S. The number of nitrogens with two attached hydrogens (primary N) is 1. The molecular weight excluding hydrogens is 250 g/mol. The monoisotopic (exact) mass is 256 g/mol. The number of benzene rings is 1. The lowest BCUT2D eigenvalue weighted by Crippen LogP contribution is -1.99. The zero-order valence-electron chi connectivity index (χ0n) is 8.28. The molecule has 0 unspecified atom stereocenters. The van der Waals surface area contributed by atoms with Crippen molar-refractivity contribution in [1.82, 2.24) is 4.37 Å². The van der Waals surface area contributed by atoms with E-state index >= 15 is 0 Å². The molecule has 1 aromatic heterocycles. The van der Waals surface area contributed by atoms with Gasteiger partial charge in [-0.2, -0.15) is 4.37 Å². The van der Waals surface area contributed by atoms with Crippen molar-refractivity contribution in [2.45, 2.75) is 0 Å². The normalized spacial score (nSPS) is 10.5. The van der Waals surface area contributed by atoms with Crippen molar-refractivity contribution in [2.24, 2.45) is 0 Å². The quantitative estimate of drug-likeness (QED) is 0.864. The van der Waals surface area contributed by atoms with Gasteiger partial charge in [0.15, 0.2) is 4.88 Å². The van der Waals surface area contributed by atoms with Gasteiger partial charge in [-0.15, -0.1) is 0 Å². The number of nitrogen functional groups attached to an aromatic ring is 1. The van der Waals surface area contributed by atoms with E-state index in [1.54, 1.807) is 0 Å². The average Bonchev–Trinajstić information content (AvgIpc) is 2.60. The highest BCUT2D eigenvalue weighted by atomic mass is 32.1. The summed E-state index contributed by atoms with van der Waals surface area (Å²) in [7, 11) is 0. The first-order chi connectivity index (χ1) is 8.00. The van der Waals surface area contributed by atoms with Crippen molar-refractivity contribution < 1.29 is 18.7 Å². The number of aromatic nitrogens is 1. The fourth-order valence-electron chi connectivity index (χ4n) is 1.33. The third-order valence-electron chi connectivity index (χ3n) is 2.11. The summed E-state index contributed by atoms with van der Waals surface area (Å²) >= 11 is 0.657. The maximum Gasteiger partial charge on any atom is 0.349 e. The molecule has 17 heavy (non-hydrogen) atoms. The van der Waals surface area contributed by atoms with Gasteiger partial charge in [0.2, 0.25) is 0 Å². The zero-order valence-corrected chi connectivity index (χ0v) is 9.09. The first-order valence-corrected chi connectivity index (χ1v) is 5.22. The number of nitrogens with zero attached hydrogens (tertiary/aromatic N) is 1. The topological polar surface area (TPSA) is 76.2 Å². The highest BCUT2D eigenvalue weighted by Gasteiger charge is 2.19. The molecule has 0 fully saturated rings. The SMILES string of the molecule is Nc1c(-c2ccc(F)cc2F)nsc1C(=O)O. The van der Waals surface area contributed by atoms with Crippen LogP contribution in [0, 0.1) is 11.6 Å². The Labute approximate surface area is 98.5 Å². The lowest BCUT2D eigenvalue weighted by atomic mass is 10.1. The second-order valence-electron chi connectivity index (χ2n) is 3.20. The summed E-state index contributed by atoms with van der Waals surface area (Å²) in [4.78, 5) is 10.6. The largest absolute Gasteiger partial charge is 0.477 e. The van der Waals surface area contributed by atoms with Crippen LogP contribution in [0.25, 0.3) is 11.3 Å². The van der Waals surface area contributed by atoms with Crippen LogP contribution >= 0.6 is 11.5 Å². The molecule has 4 nitrogen and oxygen atoms in total. The van der Waals surface area contributed by atoms with Crippen LogP contribution in [0.1, 0.15) is 9.67 Å². The van der Waals surface area contributed by atoms with Crippen LogP contribution in [0.4, 0.5) is 14.5 Å². The second kappa shape index (κ2) is 4.10. The smallest absolute Gasteiger partial charge is 0.349 e. The fraction of sp³-hybridized carbons (Fsp3) is 0. The van der Waals surface area contributed by atoms with Crippen molar-refractivity contribution in [2.75, 3.05) is 5.73 Å². The van der Waals surface area contributed by atoms with Gasteiger partial charge in [0.25, 0.3) is 0 Å². The van der Waals surface area contributed by atoms with Crippen LogP contribution in [0.5, 0.6) is 0 Å². The van der Waals surface area contributed by atoms with E-state index in [0.717, 1.165) is 6.07 Å². The van der Waals surface area contributed by atoms with Gasteiger partial charge in [-0.25, -0.2) is 13.6 Å². The number of hydrogen-bond acceptors (Lipinski definition) is 4. The molecule has 0 aliphatic heterocycles. The molecule has 2 aromatic rings. The molecule has 0 aliphatic rings. The van der Waals surface area contributed by atoms with Crippen molar-refractivity contribution >= 4 is 23.2 Å². The molecule has 0 saturated carbocycles. The molecule has 88 valence electrons. The maximum atomic E-state index is 13.4. The fourth-order valence-corrected chi connectivity index (χ4v) is 1.98. The summed E-state index contributed by atoms with van der Waals surface area (Å²) in [5.74, 6) is -2.79. The van der Waals surface area contributed by atoms with Gasteiger partial charge < -0.3 is 10.8 Å². The number of anilines is 1. The van der Waals surface area contributed by atoms with E-state index < -0.39 is 17.6 Å². The minimum atomic E-state index is -1.23. The number of rotatable bonds is 2. The Balaban J connectivity index is 2.57. The number of carbonyl (C=O) groups is 1. The molecule has 2 rings (SSSR count). The van der Waals surface area contributed by atoms with Gasteiger partial charge in [-0.05, 0) is 23.7 Å². The van der Waals surface area contributed by atoms with E-state index in [0.29, 0.717) is 17.6 Å². The highest BCUT2D eigenvalue weighted by Crippen LogP contribution is 2.32. The summed E-state index contributed by atoms with van der Waals surface area (Å²) in [6.45, 7) is 0. The number of aromatic carboxylic acids is 1. The van der Waals surface area contributed by atoms with Crippen LogP contribution in [0.15, 0.2) is 18.2 Å². The van der Waals surface area contributed by atoms with Crippen LogP contribution < -0.4 is 5.73 Å². The van der Waals surface area contributed by atoms with E-state index in [1.165, 1.54) is 6.07 Å². The third-order valence-corrected chi connectivity index (χ3v) is 2.96. The van der Waals surface area contributed by atoms with E-state index in [2.05, 4.69) is 4.37 Å². The number of halogens is 2. The second-order valence-corrected chi connectivity index (χ2v) is 3.98. The van der Waals surface area contributed by atoms with Crippen molar-refractivity contribution in [1.29, 1.82) is 0 Å². The Bertz CT molecular complexity index is 598. The van der Waals surface area contributed by atoms with Gasteiger partial charge in [-0.1, -0.05) is 0 Å². The zero-order chi connectivity index (χ0) is 12.6. The molecule has 0 radical (unpaired) electrons. The van der Waals surface area contributed by atoms with Gasteiger partial charge in [0, 0.05) is 11.6 Å². The summed E-state index contributed by atoms with van der Waals surface area (Å²) < 4.78 is 29.9. The van der Waals surface area contributed by atoms with Crippen molar-refractivity contribution in [3.63, 3.8) is 0 Å². The summed E-state index contributed by atoms with van der Waals surface area (Å²) in [5.41, 5.74) is 5.43. The Morgan fingerprint density at radius 2 is 2.12 bits per heavy atom. The summed E-state index contributed by atoms with van der Waals surface area (Å²) in [6.07, 6.45) is 0. The number of hydrogen-bond donors (Lipinski definition) is 2. The molecule has 0 atom stereocenters. The van der Waals surface area contributed by atoms with Gasteiger partial charge in [-0.3, -0.25) is 0 Å². The molecule has 3 N–H and O–H groups in total. The minimum absolute atomic E-state index is 0.0184. The van der Waals surface area contributed by atoms with E-state index in [4.69, 9.17) is 10.8 Å². The predicted molar refractivity (Wildman–Crippen MR) is 58.8 cm³/mol. The molecule has 0 bridgehead atoms. The molecule has 1 heterocycles. The Morgan fingerprint density at radius 1 is 1.41 bits per heavy atom. The number of carboxylic acid groups (broad SMARTS) is 1. The highest BCUT2D eigenvalue weighted by molar-refractivity contribution is 7.09. The van der Waals surface area contributed by atoms with Crippen LogP contribution in [0.3, 0.4) is 0 Å². The van der Waals surface area contributed by atoms with E-state index in [9.17, 15) is 13.6 Å². The molecule has 0 spiro atoms. The van der Waals surface area contributed by atoms with Crippen molar-refractivity contribution in [3.05, 3.63) is 34.7 Å². The molecule has 0 amide bonds. The first kappa shape index (κ1) is 11.5. The molecule has 0 aliphatic carbocycles. The summed E-state index contributed by atoms with van der Waals surface area (Å²) in [6, 6.07) is 2.91. The Kier molecular flexibility index (Phi) is 2.76. The molecule has 1 aromatic carbocycles. The van der Waals surface area contributed by atoms with Crippen molar-refractivity contribution in [3.8, 4) is 11.3 Å².